The first kappa shape index (κ1) is 20.4. The molecular formula is C10H23N2O6P. The lowest BCUT2D eigenvalue weighted by Crippen LogP contribution is -2.34. The summed E-state index contributed by atoms with van der Waals surface area (Å²) in [4.78, 5) is 28.9. The summed E-state index contributed by atoms with van der Waals surface area (Å²) in [7, 11) is -3.10. The Kier molecular flexibility index (Phi) is 9.68. The molecule has 0 fully saturated rings. The molecule has 7 N–H and O–H groups in total. The lowest BCUT2D eigenvalue weighted by molar-refractivity contribution is -0.140. The van der Waals surface area contributed by atoms with Gasteiger partial charge in [0.05, 0.1) is 0 Å². The smallest absolute Gasteiger partial charge is 0.320 e. The fraction of sp³-hybridized carbons (Fsp3) is 0.800. The monoisotopic (exact) mass is 298 g/mol. The number of hydrogen-bond acceptors (Lipinski definition) is 5. The second-order valence-electron chi connectivity index (χ2n) is 4.62. The average molecular weight is 298 g/mol. The summed E-state index contributed by atoms with van der Waals surface area (Å²) in [6, 6.07) is -1.74. The molecule has 0 saturated carbocycles. The predicted octanol–water partition coefficient (Wildman–Crippen LogP) is -0.257. The highest BCUT2D eigenvalue weighted by Crippen LogP contribution is 2.35. The molecule has 0 saturated heterocycles. The minimum Gasteiger partial charge on any atom is -0.480 e. The predicted molar refractivity (Wildman–Crippen MR) is 71.3 cm³/mol. The van der Waals surface area contributed by atoms with Crippen LogP contribution in [-0.4, -0.2) is 52.0 Å². The highest BCUT2D eigenvalue weighted by atomic mass is 31.2. The maximum atomic E-state index is 10.6. The third-order valence-corrected chi connectivity index (χ3v) is 3.26. The van der Waals surface area contributed by atoms with E-state index >= 15 is 0 Å². The summed E-state index contributed by atoms with van der Waals surface area (Å²) in [5.41, 5.74) is 10.3. The molecule has 3 atom stereocenters. The van der Waals surface area contributed by atoms with Gasteiger partial charge in [-0.1, -0.05) is 13.8 Å². The topological polar surface area (TPSA) is 164 Å². The van der Waals surface area contributed by atoms with Crippen LogP contribution in [0.25, 0.3) is 0 Å². The SMILES string of the molecule is CC(C)[C@H](N)C(=O)O.CP(=O)(O)CCC(N)C(=O)O. The maximum absolute atomic E-state index is 10.6. The van der Waals surface area contributed by atoms with Crippen LogP contribution in [0.15, 0.2) is 0 Å². The quantitative estimate of drug-likeness (QED) is 0.418. The van der Waals surface area contributed by atoms with Crippen LogP contribution in [0.2, 0.25) is 0 Å². The van der Waals surface area contributed by atoms with E-state index < -0.39 is 31.4 Å². The number of rotatable bonds is 6. The number of aliphatic carboxylic acids is 2. The van der Waals surface area contributed by atoms with Crippen LogP contribution in [0.3, 0.4) is 0 Å². The molecule has 0 radical (unpaired) electrons. The van der Waals surface area contributed by atoms with E-state index in [1.54, 1.807) is 13.8 Å². The normalized spacial score (nSPS) is 16.8. The lowest BCUT2D eigenvalue weighted by atomic mass is 10.1. The Hall–Kier alpha value is -0.950. The molecule has 9 heteroatoms. The molecule has 0 amide bonds. The van der Waals surface area contributed by atoms with E-state index in [-0.39, 0.29) is 18.5 Å². The highest BCUT2D eigenvalue weighted by Gasteiger charge is 2.16. The molecule has 0 aromatic heterocycles. The Morgan fingerprint density at radius 1 is 1.16 bits per heavy atom. The van der Waals surface area contributed by atoms with Gasteiger partial charge in [0.2, 0.25) is 0 Å². The second-order valence-corrected chi connectivity index (χ2v) is 7.17. The van der Waals surface area contributed by atoms with Crippen molar-refractivity contribution in [1.29, 1.82) is 0 Å². The van der Waals surface area contributed by atoms with Gasteiger partial charge >= 0.3 is 11.9 Å². The molecule has 0 aromatic carbocycles. The average Bonchev–Trinajstić information content (AvgIpc) is 2.24. The summed E-state index contributed by atoms with van der Waals surface area (Å²) in [6.07, 6.45) is 0.0000772. The van der Waals surface area contributed by atoms with Crippen molar-refractivity contribution in [1.82, 2.24) is 0 Å². The summed E-state index contributed by atoms with van der Waals surface area (Å²) < 4.78 is 10.6. The first-order valence-corrected chi connectivity index (χ1v) is 7.93. The van der Waals surface area contributed by atoms with E-state index in [1.165, 1.54) is 6.66 Å². The molecule has 0 spiro atoms. The first-order valence-electron chi connectivity index (χ1n) is 5.64. The van der Waals surface area contributed by atoms with Gasteiger partial charge in [-0.05, 0) is 12.3 Å². The summed E-state index contributed by atoms with van der Waals surface area (Å²) >= 11 is 0. The van der Waals surface area contributed by atoms with Gasteiger partial charge in [0.25, 0.3) is 0 Å². The van der Waals surface area contributed by atoms with Crippen molar-refractivity contribution < 1.29 is 29.3 Å². The number of carboxylic acids is 2. The van der Waals surface area contributed by atoms with E-state index in [2.05, 4.69) is 0 Å². The Morgan fingerprint density at radius 3 is 1.74 bits per heavy atom. The number of carbonyl (C=O) groups is 2. The Labute approximate surface area is 112 Å². The van der Waals surface area contributed by atoms with E-state index in [4.69, 9.17) is 26.6 Å². The standard InChI is InChI=1S/C5H12NO4P.C5H11NO2/c1-11(9,10)3-2-4(6)5(7)8;1-3(2)4(6)5(7)8/h4H,2-3,6H2,1H3,(H,7,8)(H,9,10);3-4H,6H2,1-2H3,(H,7,8)/t;4-/m.0/s1. The van der Waals surface area contributed by atoms with Crippen molar-refractivity contribution in [3.63, 3.8) is 0 Å². The minimum atomic E-state index is -3.10. The molecule has 0 aliphatic rings. The van der Waals surface area contributed by atoms with E-state index in [0.717, 1.165) is 0 Å². The molecule has 0 aliphatic heterocycles. The Bertz CT molecular complexity index is 341. The van der Waals surface area contributed by atoms with Crippen molar-refractivity contribution >= 4 is 19.3 Å². The Balaban J connectivity index is 0. The van der Waals surface area contributed by atoms with Crippen LogP contribution in [-0.2, 0) is 14.2 Å². The number of hydrogen-bond donors (Lipinski definition) is 5. The van der Waals surface area contributed by atoms with E-state index in [0.29, 0.717) is 0 Å². The zero-order valence-corrected chi connectivity index (χ0v) is 12.2. The van der Waals surface area contributed by atoms with Gasteiger partial charge in [0, 0.05) is 12.8 Å². The van der Waals surface area contributed by atoms with Crippen LogP contribution in [0.4, 0.5) is 0 Å². The molecule has 8 nitrogen and oxygen atoms in total. The minimum absolute atomic E-state index is 0.0208. The fourth-order valence-corrected chi connectivity index (χ4v) is 1.54. The van der Waals surface area contributed by atoms with Crippen LogP contribution in [0.1, 0.15) is 20.3 Å². The highest BCUT2D eigenvalue weighted by molar-refractivity contribution is 7.57. The van der Waals surface area contributed by atoms with Gasteiger partial charge in [-0.2, -0.15) is 0 Å². The molecule has 114 valence electrons. The molecule has 19 heavy (non-hydrogen) atoms. The van der Waals surface area contributed by atoms with Gasteiger partial charge in [0.1, 0.15) is 12.1 Å². The maximum Gasteiger partial charge on any atom is 0.320 e. The molecular weight excluding hydrogens is 275 g/mol. The molecule has 2 unspecified atom stereocenters. The lowest BCUT2D eigenvalue weighted by Gasteiger charge is -2.07. The van der Waals surface area contributed by atoms with Crippen molar-refractivity contribution in [2.45, 2.75) is 32.4 Å². The summed E-state index contributed by atoms with van der Waals surface area (Å²) in [6.45, 7) is 4.74. The zero-order chi connectivity index (χ0) is 15.8. The Morgan fingerprint density at radius 2 is 1.58 bits per heavy atom. The van der Waals surface area contributed by atoms with E-state index in [1.807, 2.05) is 0 Å². The van der Waals surface area contributed by atoms with Crippen LogP contribution in [0, 0.1) is 5.92 Å². The van der Waals surface area contributed by atoms with Gasteiger partial charge in [-0.25, -0.2) is 0 Å². The number of nitrogens with two attached hydrogens (primary N) is 2. The van der Waals surface area contributed by atoms with Crippen molar-refractivity contribution in [3.05, 3.63) is 0 Å². The third-order valence-electron chi connectivity index (χ3n) is 2.18. The number of carboxylic acid groups (broad SMARTS) is 2. The molecule has 0 aliphatic carbocycles. The van der Waals surface area contributed by atoms with E-state index in [9.17, 15) is 14.2 Å². The van der Waals surface area contributed by atoms with Crippen molar-refractivity contribution in [2.75, 3.05) is 12.8 Å². The summed E-state index contributed by atoms with van der Waals surface area (Å²) in [5, 5.41) is 16.5. The van der Waals surface area contributed by atoms with Gasteiger partial charge in [0.15, 0.2) is 7.37 Å². The zero-order valence-electron chi connectivity index (χ0n) is 11.3. The van der Waals surface area contributed by atoms with Gasteiger partial charge in [-0.3, -0.25) is 14.2 Å². The molecule has 0 aromatic rings. The molecule has 0 rings (SSSR count). The molecule has 0 heterocycles. The van der Waals surface area contributed by atoms with Gasteiger partial charge < -0.3 is 26.6 Å². The second kappa shape index (κ2) is 9.03. The third kappa shape index (κ3) is 13.3. The van der Waals surface area contributed by atoms with Crippen LogP contribution < -0.4 is 11.5 Å². The fourth-order valence-electron chi connectivity index (χ4n) is 0.787. The largest absolute Gasteiger partial charge is 0.480 e. The van der Waals surface area contributed by atoms with Crippen molar-refractivity contribution in [3.8, 4) is 0 Å². The van der Waals surface area contributed by atoms with Gasteiger partial charge in [-0.15, -0.1) is 0 Å². The van der Waals surface area contributed by atoms with Crippen LogP contribution in [0.5, 0.6) is 0 Å². The van der Waals surface area contributed by atoms with Crippen LogP contribution >= 0.6 is 7.37 Å². The first-order chi connectivity index (χ1) is 8.38. The summed E-state index contributed by atoms with van der Waals surface area (Å²) in [5.74, 6) is -2.05. The van der Waals surface area contributed by atoms with Crippen molar-refractivity contribution in [2.24, 2.45) is 17.4 Å². The molecule has 0 bridgehead atoms.